The fourth-order valence-corrected chi connectivity index (χ4v) is 1.25. The summed E-state index contributed by atoms with van der Waals surface area (Å²) in [5.74, 6) is 0. The van der Waals surface area contributed by atoms with Crippen LogP contribution in [0.25, 0.3) is 0 Å². The fraction of sp³-hybridized carbons (Fsp3) is 0.222. The Morgan fingerprint density at radius 3 is 2.54 bits per heavy atom. The molecule has 0 aliphatic carbocycles. The number of alkyl carbamates (subject to hydrolysis) is 1. The summed E-state index contributed by atoms with van der Waals surface area (Å²) in [6.07, 6.45) is -0.330. The molecule has 0 radical (unpaired) electrons. The minimum atomic E-state index is -0.330. The van der Waals surface area contributed by atoms with Crippen LogP contribution >= 0.6 is 12.4 Å². The highest BCUT2D eigenvalue weighted by molar-refractivity contribution is 5.85. The van der Waals surface area contributed by atoms with Crippen molar-refractivity contribution in [3.05, 3.63) is 35.9 Å². The van der Waals surface area contributed by atoms with Gasteiger partial charge in [0.15, 0.2) is 0 Å². The molecule has 1 saturated heterocycles. The van der Waals surface area contributed by atoms with Crippen molar-refractivity contribution in [1.29, 1.82) is 0 Å². The summed E-state index contributed by atoms with van der Waals surface area (Å²) in [6.45, 7) is 0.433. The molecule has 1 aliphatic rings. The van der Waals surface area contributed by atoms with Crippen LogP contribution in [-0.4, -0.2) is 12.7 Å². The zero-order chi connectivity index (χ0) is 8.39. The molecule has 0 spiro atoms. The Balaban J connectivity index is 0.000000845. The highest BCUT2D eigenvalue weighted by Crippen LogP contribution is 2.16. The summed E-state index contributed by atoms with van der Waals surface area (Å²) >= 11 is 0. The van der Waals surface area contributed by atoms with Gasteiger partial charge in [0.25, 0.3) is 0 Å². The summed E-state index contributed by atoms with van der Waals surface area (Å²) in [4.78, 5) is 10.7. The summed E-state index contributed by atoms with van der Waals surface area (Å²) in [7, 11) is 0. The van der Waals surface area contributed by atoms with Crippen LogP contribution in [-0.2, 0) is 4.74 Å². The van der Waals surface area contributed by atoms with Crippen LogP contribution < -0.4 is 5.32 Å². The van der Waals surface area contributed by atoms with E-state index in [0.29, 0.717) is 6.61 Å². The van der Waals surface area contributed by atoms with Crippen molar-refractivity contribution in [2.45, 2.75) is 6.04 Å². The van der Waals surface area contributed by atoms with Gasteiger partial charge in [-0.05, 0) is 5.56 Å². The van der Waals surface area contributed by atoms with E-state index in [1.54, 1.807) is 0 Å². The Kier molecular flexibility index (Phi) is 3.14. The predicted molar refractivity (Wildman–Crippen MR) is 50.9 cm³/mol. The fourth-order valence-electron chi connectivity index (χ4n) is 1.25. The second kappa shape index (κ2) is 4.14. The van der Waals surface area contributed by atoms with Crippen molar-refractivity contribution in [2.24, 2.45) is 0 Å². The van der Waals surface area contributed by atoms with Gasteiger partial charge in [-0.15, -0.1) is 12.4 Å². The molecular weight excluding hydrogens is 190 g/mol. The molecule has 1 heterocycles. The molecule has 1 amide bonds. The number of ether oxygens (including phenoxy) is 1. The van der Waals surface area contributed by atoms with E-state index in [0.717, 1.165) is 5.56 Å². The quantitative estimate of drug-likeness (QED) is 0.750. The molecule has 0 unspecified atom stereocenters. The average molecular weight is 200 g/mol. The molecule has 13 heavy (non-hydrogen) atoms. The number of benzene rings is 1. The van der Waals surface area contributed by atoms with E-state index < -0.39 is 0 Å². The highest BCUT2D eigenvalue weighted by atomic mass is 35.5. The van der Waals surface area contributed by atoms with Gasteiger partial charge in [0.05, 0.1) is 6.04 Å². The van der Waals surface area contributed by atoms with Gasteiger partial charge in [-0.3, -0.25) is 0 Å². The van der Waals surface area contributed by atoms with Gasteiger partial charge < -0.3 is 10.1 Å². The first-order valence-corrected chi connectivity index (χ1v) is 3.84. The van der Waals surface area contributed by atoms with Crippen molar-refractivity contribution >= 4 is 18.5 Å². The zero-order valence-electron chi connectivity index (χ0n) is 6.90. The molecule has 2 rings (SSSR count). The third-order valence-electron chi connectivity index (χ3n) is 1.88. The third kappa shape index (κ3) is 2.12. The molecule has 1 atom stereocenters. The average Bonchev–Trinajstić information content (AvgIpc) is 2.54. The zero-order valence-corrected chi connectivity index (χ0v) is 7.71. The Morgan fingerprint density at radius 1 is 1.31 bits per heavy atom. The number of amides is 1. The van der Waals surface area contributed by atoms with Gasteiger partial charge in [-0.2, -0.15) is 0 Å². The lowest BCUT2D eigenvalue weighted by molar-refractivity contribution is 0.177. The molecule has 70 valence electrons. The van der Waals surface area contributed by atoms with E-state index in [9.17, 15) is 4.79 Å². The van der Waals surface area contributed by atoms with Crippen molar-refractivity contribution in [3.8, 4) is 0 Å². The maximum Gasteiger partial charge on any atom is 0.407 e. The van der Waals surface area contributed by atoms with Gasteiger partial charge in [0, 0.05) is 0 Å². The maximum absolute atomic E-state index is 10.7. The van der Waals surface area contributed by atoms with Crippen LogP contribution in [0.4, 0.5) is 4.79 Å². The summed E-state index contributed by atoms with van der Waals surface area (Å²) < 4.78 is 4.77. The monoisotopic (exact) mass is 199 g/mol. The third-order valence-corrected chi connectivity index (χ3v) is 1.88. The van der Waals surface area contributed by atoms with E-state index in [-0.39, 0.29) is 24.5 Å². The lowest BCUT2D eigenvalue weighted by Gasteiger charge is -2.05. The van der Waals surface area contributed by atoms with E-state index >= 15 is 0 Å². The molecule has 0 bridgehead atoms. The predicted octanol–water partition coefficient (Wildman–Crippen LogP) is 1.89. The summed E-state index contributed by atoms with van der Waals surface area (Å²) in [5, 5.41) is 2.71. The lowest BCUT2D eigenvalue weighted by Crippen LogP contribution is -2.17. The molecule has 0 aromatic heterocycles. The minimum absolute atomic E-state index is 0. The Morgan fingerprint density at radius 2 is 2.00 bits per heavy atom. The van der Waals surface area contributed by atoms with Crippen LogP contribution in [0.1, 0.15) is 11.6 Å². The minimum Gasteiger partial charge on any atom is -0.447 e. The molecule has 1 aromatic carbocycles. The van der Waals surface area contributed by atoms with Crippen LogP contribution in [0.5, 0.6) is 0 Å². The van der Waals surface area contributed by atoms with Crippen LogP contribution in [0, 0.1) is 0 Å². The summed E-state index contributed by atoms with van der Waals surface area (Å²) in [5.41, 5.74) is 1.09. The molecule has 1 N–H and O–H groups in total. The van der Waals surface area contributed by atoms with Crippen molar-refractivity contribution in [2.75, 3.05) is 6.61 Å². The molecule has 3 nitrogen and oxygen atoms in total. The largest absolute Gasteiger partial charge is 0.447 e. The number of cyclic esters (lactones) is 1. The van der Waals surface area contributed by atoms with E-state index in [1.165, 1.54) is 0 Å². The highest BCUT2D eigenvalue weighted by Gasteiger charge is 2.22. The van der Waals surface area contributed by atoms with E-state index in [2.05, 4.69) is 5.32 Å². The number of carbonyl (C=O) groups is 1. The van der Waals surface area contributed by atoms with E-state index in [4.69, 9.17) is 4.74 Å². The lowest BCUT2D eigenvalue weighted by atomic mass is 10.1. The molecule has 1 aromatic rings. The van der Waals surface area contributed by atoms with Crippen molar-refractivity contribution < 1.29 is 9.53 Å². The number of hydrogen-bond acceptors (Lipinski definition) is 2. The Bertz CT molecular complexity index is 289. The first-order valence-electron chi connectivity index (χ1n) is 3.84. The van der Waals surface area contributed by atoms with Crippen LogP contribution in [0.3, 0.4) is 0 Å². The van der Waals surface area contributed by atoms with Gasteiger partial charge in [0.2, 0.25) is 0 Å². The van der Waals surface area contributed by atoms with Crippen molar-refractivity contribution in [3.63, 3.8) is 0 Å². The smallest absolute Gasteiger partial charge is 0.407 e. The molecule has 1 fully saturated rings. The second-order valence-corrected chi connectivity index (χ2v) is 2.71. The number of nitrogens with one attached hydrogen (secondary N) is 1. The van der Waals surface area contributed by atoms with Gasteiger partial charge >= 0.3 is 6.09 Å². The Labute approximate surface area is 82.5 Å². The van der Waals surface area contributed by atoms with Gasteiger partial charge in [0.1, 0.15) is 6.61 Å². The number of halogens is 1. The number of carbonyl (C=O) groups excluding carboxylic acids is 1. The van der Waals surface area contributed by atoms with Gasteiger partial charge in [-0.1, -0.05) is 30.3 Å². The molecule has 4 heteroatoms. The first kappa shape index (κ1) is 9.86. The SMILES string of the molecule is Cl.O=C1N[C@@H](c2ccccc2)CO1. The van der Waals surface area contributed by atoms with Gasteiger partial charge in [-0.25, -0.2) is 4.79 Å². The second-order valence-electron chi connectivity index (χ2n) is 2.71. The van der Waals surface area contributed by atoms with Crippen LogP contribution in [0.15, 0.2) is 30.3 Å². The normalized spacial score (nSPS) is 20.0. The standard InChI is InChI=1S/C9H9NO2.ClH/c11-9-10-8(6-12-9)7-4-2-1-3-5-7;/h1-5,8H,6H2,(H,10,11);1H/t8-;/m1./s1. The first-order chi connectivity index (χ1) is 5.86. The molecule has 0 saturated carbocycles. The van der Waals surface area contributed by atoms with Crippen LogP contribution in [0.2, 0.25) is 0 Å². The van der Waals surface area contributed by atoms with E-state index in [1.807, 2.05) is 30.3 Å². The maximum atomic E-state index is 10.7. The number of hydrogen-bond donors (Lipinski definition) is 1. The summed E-state index contributed by atoms with van der Waals surface area (Å²) in [6, 6.07) is 9.80. The number of rotatable bonds is 1. The van der Waals surface area contributed by atoms with Crippen molar-refractivity contribution in [1.82, 2.24) is 5.32 Å². The molecular formula is C9H10ClNO2. The Hall–Kier alpha value is -1.22. The topological polar surface area (TPSA) is 38.3 Å². The molecule has 1 aliphatic heterocycles.